The van der Waals surface area contributed by atoms with Crippen LogP contribution in [0.4, 0.5) is 11.4 Å². The third kappa shape index (κ3) is 6.56. The van der Waals surface area contributed by atoms with Crippen LogP contribution in [0.15, 0.2) is 94.7 Å². The van der Waals surface area contributed by atoms with E-state index in [0.29, 0.717) is 45.5 Å². The Balaban J connectivity index is 1.67. The Labute approximate surface area is 239 Å². The van der Waals surface area contributed by atoms with Crippen molar-refractivity contribution in [1.29, 1.82) is 5.26 Å². The molecule has 0 fully saturated rings. The Morgan fingerprint density at radius 1 is 1.00 bits per heavy atom. The smallest absolute Gasteiger partial charge is 0.254 e. The van der Waals surface area contributed by atoms with E-state index in [9.17, 15) is 14.9 Å². The largest absolute Gasteiger partial charge is 0.494 e. The molecule has 1 atom stereocenters. The van der Waals surface area contributed by atoms with Gasteiger partial charge in [-0.3, -0.25) is 9.59 Å². The first-order valence-electron chi connectivity index (χ1n) is 13.0. The van der Waals surface area contributed by atoms with Crippen LogP contribution in [0.5, 0.6) is 5.75 Å². The number of hydrogen-bond acceptors (Lipinski definition) is 6. The normalized spacial score (nSPS) is 14.7. The molecule has 204 valence electrons. The molecule has 3 aromatic rings. The Kier molecular flexibility index (Phi) is 9.31. The maximum Gasteiger partial charge on any atom is 0.254 e. The maximum absolute atomic E-state index is 13.7. The van der Waals surface area contributed by atoms with Crippen LogP contribution in [-0.4, -0.2) is 24.2 Å². The summed E-state index contributed by atoms with van der Waals surface area (Å²) >= 11 is 1.23. The number of anilines is 2. The molecule has 0 aliphatic carbocycles. The topological polar surface area (TPSA) is 103 Å². The van der Waals surface area contributed by atoms with Gasteiger partial charge >= 0.3 is 0 Å². The molecular weight excluding hydrogens is 520 g/mol. The molecule has 7 nitrogen and oxygen atoms in total. The highest BCUT2D eigenvalue weighted by atomic mass is 32.2. The Morgan fingerprint density at radius 3 is 2.42 bits per heavy atom. The summed E-state index contributed by atoms with van der Waals surface area (Å²) in [5, 5.41) is 20.1. The van der Waals surface area contributed by atoms with Gasteiger partial charge in [-0.2, -0.15) is 5.26 Å². The van der Waals surface area contributed by atoms with E-state index >= 15 is 0 Å². The highest BCUT2D eigenvalue weighted by Crippen LogP contribution is 2.44. The first-order valence-corrected chi connectivity index (χ1v) is 14.0. The number of allylic oxidation sites excluding steroid dienone is 2. The van der Waals surface area contributed by atoms with Crippen molar-refractivity contribution in [2.45, 2.75) is 33.6 Å². The van der Waals surface area contributed by atoms with E-state index in [-0.39, 0.29) is 17.6 Å². The molecule has 0 spiro atoms. The number of carbonyl (C=O) groups is 2. The molecule has 0 saturated heterocycles. The molecule has 1 aliphatic heterocycles. The number of nitrogens with zero attached hydrogens (tertiary/aromatic N) is 1. The van der Waals surface area contributed by atoms with Crippen molar-refractivity contribution >= 4 is 35.0 Å². The van der Waals surface area contributed by atoms with Crippen LogP contribution in [0.3, 0.4) is 0 Å². The number of dihydropyridines is 1. The van der Waals surface area contributed by atoms with Crippen LogP contribution in [0.25, 0.3) is 0 Å². The van der Waals surface area contributed by atoms with Gasteiger partial charge in [0, 0.05) is 28.2 Å². The van der Waals surface area contributed by atoms with Gasteiger partial charge in [0.2, 0.25) is 5.91 Å². The van der Waals surface area contributed by atoms with Crippen LogP contribution in [0.1, 0.15) is 36.5 Å². The van der Waals surface area contributed by atoms with Crippen molar-refractivity contribution in [3.05, 3.63) is 111 Å². The Hall–Kier alpha value is -4.48. The van der Waals surface area contributed by atoms with E-state index in [0.717, 1.165) is 16.8 Å². The number of amides is 2. The van der Waals surface area contributed by atoms with Crippen molar-refractivity contribution in [3.63, 3.8) is 0 Å². The lowest BCUT2D eigenvalue weighted by molar-refractivity contribution is -0.114. The van der Waals surface area contributed by atoms with Gasteiger partial charge in [0.1, 0.15) is 5.75 Å². The van der Waals surface area contributed by atoms with Crippen molar-refractivity contribution in [2.75, 3.05) is 23.0 Å². The second-order valence-electron chi connectivity index (χ2n) is 9.40. The Morgan fingerprint density at radius 2 is 1.73 bits per heavy atom. The minimum absolute atomic E-state index is 0.0828. The zero-order valence-electron chi connectivity index (χ0n) is 23.0. The van der Waals surface area contributed by atoms with Crippen molar-refractivity contribution < 1.29 is 14.3 Å². The number of aryl methyl sites for hydroxylation is 2. The van der Waals surface area contributed by atoms with Gasteiger partial charge < -0.3 is 20.7 Å². The molecule has 0 unspecified atom stereocenters. The number of rotatable bonds is 9. The van der Waals surface area contributed by atoms with Gasteiger partial charge in [-0.15, -0.1) is 0 Å². The minimum Gasteiger partial charge on any atom is -0.494 e. The van der Waals surface area contributed by atoms with E-state index < -0.39 is 5.92 Å². The molecule has 4 rings (SSSR count). The number of nitrogens with one attached hydrogen (secondary N) is 3. The fourth-order valence-electron chi connectivity index (χ4n) is 4.64. The number of thioether (sulfide) groups is 1. The number of para-hydroxylation sites is 2. The van der Waals surface area contributed by atoms with E-state index in [4.69, 9.17) is 4.74 Å². The van der Waals surface area contributed by atoms with Gasteiger partial charge in [-0.25, -0.2) is 0 Å². The van der Waals surface area contributed by atoms with Gasteiger partial charge in [0.25, 0.3) is 5.91 Å². The van der Waals surface area contributed by atoms with E-state index in [1.54, 1.807) is 6.92 Å². The first kappa shape index (κ1) is 28.5. The monoisotopic (exact) mass is 552 g/mol. The predicted molar refractivity (Wildman–Crippen MR) is 161 cm³/mol. The summed E-state index contributed by atoms with van der Waals surface area (Å²) < 4.78 is 5.91. The zero-order chi connectivity index (χ0) is 28.6. The van der Waals surface area contributed by atoms with Crippen molar-refractivity contribution in [2.24, 2.45) is 0 Å². The van der Waals surface area contributed by atoms with Crippen molar-refractivity contribution in [3.8, 4) is 11.8 Å². The quantitative estimate of drug-likeness (QED) is 0.284. The molecular formula is C32H32N4O3S. The molecule has 0 radical (unpaired) electrons. The zero-order valence-corrected chi connectivity index (χ0v) is 23.8. The number of nitriles is 1. The minimum atomic E-state index is -0.692. The average molecular weight is 553 g/mol. The molecule has 1 heterocycles. The summed E-state index contributed by atoms with van der Waals surface area (Å²) in [7, 11) is 0. The Bertz CT molecular complexity index is 1520. The van der Waals surface area contributed by atoms with Crippen LogP contribution < -0.4 is 20.7 Å². The fraction of sp³-hybridized carbons (Fsp3) is 0.219. The summed E-state index contributed by atoms with van der Waals surface area (Å²) in [6, 6.07) is 24.8. The second kappa shape index (κ2) is 13.0. The molecule has 2 amide bonds. The SMILES string of the molecule is CCOc1ccccc1[C@H]1C(C#N)=C(SCC(=O)Nc2ccc(C)cc2C)NC(C)=C1C(=O)Nc1ccccc1. The number of carbonyl (C=O) groups excluding carboxylic acids is 2. The number of hydrogen-bond donors (Lipinski definition) is 3. The third-order valence-electron chi connectivity index (χ3n) is 6.46. The number of ether oxygens (including phenoxy) is 1. The molecule has 8 heteroatoms. The molecule has 3 aromatic carbocycles. The van der Waals surface area contributed by atoms with Gasteiger partial charge in [0.05, 0.1) is 34.9 Å². The highest BCUT2D eigenvalue weighted by Gasteiger charge is 2.36. The summed E-state index contributed by atoms with van der Waals surface area (Å²) in [4.78, 5) is 26.5. The molecule has 40 heavy (non-hydrogen) atoms. The second-order valence-corrected chi connectivity index (χ2v) is 10.4. The van der Waals surface area contributed by atoms with Crippen LogP contribution in [0.2, 0.25) is 0 Å². The molecule has 0 bridgehead atoms. The predicted octanol–water partition coefficient (Wildman–Crippen LogP) is 6.41. The van der Waals surface area contributed by atoms with Crippen molar-refractivity contribution in [1.82, 2.24) is 5.32 Å². The maximum atomic E-state index is 13.7. The van der Waals surface area contributed by atoms with E-state index in [1.807, 2.05) is 93.6 Å². The fourth-order valence-corrected chi connectivity index (χ4v) is 5.53. The van der Waals surface area contributed by atoms with Gasteiger partial charge in [0.15, 0.2) is 0 Å². The van der Waals surface area contributed by atoms with Gasteiger partial charge in [-0.1, -0.05) is 65.9 Å². The van der Waals surface area contributed by atoms with E-state index in [2.05, 4.69) is 22.0 Å². The average Bonchev–Trinajstić information content (AvgIpc) is 2.94. The molecule has 0 aromatic heterocycles. The lowest BCUT2D eigenvalue weighted by atomic mass is 9.81. The lowest BCUT2D eigenvalue weighted by Gasteiger charge is -2.30. The molecule has 1 aliphatic rings. The molecule has 3 N–H and O–H groups in total. The van der Waals surface area contributed by atoms with Gasteiger partial charge in [-0.05, 0) is 57.5 Å². The van der Waals surface area contributed by atoms with Crippen LogP contribution in [-0.2, 0) is 9.59 Å². The van der Waals surface area contributed by atoms with Crippen LogP contribution >= 0.6 is 11.8 Å². The summed E-state index contributed by atoms with van der Waals surface area (Å²) in [6.45, 7) is 8.08. The van der Waals surface area contributed by atoms with Crippen LogP contribution in [0, 0.1) is 25.2 Å². The standard InChI is InChI=1S/C32H32N4O3S/c1-5-39-27-14-10-9-13-24(27)30-25(18-33)32(40-19-28(37)36-26-16-15-20(2)17-21(26)3)34-22(4)29(30)31(38)35-23-11-7-6-8-12-23/h6-17,30,34H,5,19H2,1-4H3,(H,35,38)(H,36,37)/t30-/m0/s1. The lowest BCUT2D eigenvalue weighted by Crippen LogP contribution is -2.31. The summed E-state index contributed by atoms with van der Waals surface area (Å²) in [5.41, 5.74) is 5.56. The highest BCUT2D eigenvalue weighted by molar-refractivity contribution is 8.03. The molecule has 0 saturated carbocycles. The number of benzene rings is 3. The van der Waals surface area contributed by atoms with E-state index in [1.165, 1.54) is 11.8 Å². The first-order chi connectivity index (χ1) is 19.3. The third-order valence-corrected chi connectivity index (χ3v) is 7.47. The summed E-state index contributed by atoms with van der Waals surface area (Å²) in [6.07, 6.45) is 0. The summed E-state index contributed by atoms with van der Waals surface area (Å²) in [5.74, 6) is -0.526.